The van der Waals surface area contributed by atoms with Crippen LogP contribution in [0.25, 0.3) is 16.9 Å². The summed E-state index contributed by atoms with van der Waals surface area (Å²) in [4.78, 5) is 32.7. The molecule has 0 unspecified atom stereocenters. The summed E-state index contributed by atoms with van der Waals surface area (Å²) in [6.45, 7) is 5.51. The third kappa shape index (κ3) is 6.44. The van der Waals surface area contributed by atoms with Crippen LogP contribution in [0.5, 0.6) is 0 Å². The summed E-state index contributed by atoms with van der Waals surface area (Å²) in [5.41, 5.74) is 0.625. The van der Waals surface area contributed by atoms with Crippen LogP contribution in [0.2, 0.25) is 0 Å². The predicted molar refractivity (Wildman–Crippen MR) is 132 cm³/mol. The molecule has 2 aromatic heterocycles. The minimum absolute atomic E-state index is 0.0525. The van der Waals surface area contributed by atoms with Crippen molar-refractivity contribution >= 4 is 12.0 Å². The number of amides is 1. The van der Waals surface area contributed by atoms with Gasteiger partial charge in [-0.25, -0.2) is 19.2 Å². The predicted octanol–water partition coefficient (Wildman–Crippen LogP) is 4.68. The molecule has 0 aliphatic heterocycles. The number of nitrogens with one attached hydrogen (secondary N) is 2. The van der Waals surface area contributed by atoms with Crippen LogP contribution < -0.4 is 16.2 Å². The summed E-state index contributed by atoms with van der Waals surface area (Å²) >= 11 is 0. The number of nitrogens with zero attached hydrogens (tertiary/aromatic N) is 3. The van der Waals surface area contributed by atoms with Crippen LogP contribution in [0.3, 0.4) is 0 Å². The molecule has 1 aliphatic carbocycles. The lowest BCUT2D eigenvalue weighted by molar-refractivity contribution is 0.0492. The number of anilines is 1. The van der Waals surface area contributed by atoms with Gasteiger partial charge >= 0.3 is 6.09 Å². The van der Waals surface area contributed by atoms with Gasteiger partial charge in [-0.05, 0) is 64.7 Å². The topological polar surface area (TPSA) is 98.1 Å². The monoisotopic (exact) mass is 479 g/mol. The number of aromatic nitrogens is 3. The van der Waals surface area contributed by atoms with Crippen LogP contribution in [-0.4, -0.2) is 38.3 Å². The molecule has 0 bridgehead atoms. The van der Waals surface area contributed by atoms with Crippen molar-refractivity contribution in [1.29, 1.82) is 0 Å². The Morgan fingerprint density at radius 3 is 2.54 bits per heavy atom. The molecule has 0 spiro atoms. The zero-order valence-corrected chi connectivity index (χ0v) is 20.1. The standard InChI is InChI=1S/C26H30FN5O3/c1-26(2,3)35-25(34)30-19-12-10-18(11-13-19)29-24-28-16-21(27)23(31-24)17-7-6-8-20(15-17)32-14-5-4-9-22(32)33/h4-9,14-16,18-19H,10-13H2,1-3H3,(H,30,34)(H,28,29,31)/t18-,19-. The summed E-state index contributed by atoms with van der Waals surface area (Å²) in [6, 6.07) is 12.1. The zero-order valence-electron chi connectivity index (χ0n) is 20.1. The minimum Gasteiger partial charge on any atom is -0.444 e. The fourth-order valence-electron chi connectivity index (χ4n) is 4.12. The van der Waals surface area contributed by atoms with Crippen LogP contribution in [0, 0.1) is 5.82 Å². The van der Waals surface area contributed by atoms with E-state index in [4.69, 9.17) is 4.74 Å². The first kappa shape index (κ1) is 24.4. The van der Waals surface area contributed by atoms with E-state index in [0.29, 0.717) is 17.2 Å². The normalized spacial score (nSPS) is 18.1. The smallest absolute Gasteiger partial charge is 0.407 e. The number of hydrogen-bond acceptors (Lipinski definition) is 6. The molecule has 1 aromatic carbocycles. The van der Waals surface area contributed by atoms with E-state index in [9.17, 15) is 14.0 Å². The quantitative estimate of drug-likeness (QED) is 0.551. The zero-order chi connectivity index (χ0) is 25.0. The molecule has 9 heteroatoms. The van der Waals surface area contributed by atoms with Crippen LogP contribution in [0.1, 0.15) is 46.5 Å². The maximum absolute atomic E-state index is 14.7. The second-order valence-electron chi connectivity index (χ2n) is 9.69. The molecular weight excluding hydrogens is 449 g/mol. The molecule has 0 radical (unpaired) electrons. The molecule has 3 aromatic rings. The number of rotatable bonds is 5. The van der Waals surface area contributed by atoms with Crippen molar-refractivity contribution in [2.45, 2.75) is 64.1 Å². The van der Waals surface area contributed by atoms with E-state index in [1.165, 1.54) is 10.6 Å². The summed E-state index contributed by atoms with van der Waals surface area (Å²) in [6.07, 6.45) is 5.62. The van der Waals surface area contributed by atoms with Crippen LogP contribution >= 0.6 is 0 Å². The summed E-state index contributed by atoms with van der Waals surface area (Å²) in [5.74, 6) is -0.203. The Bertz CT molecular complexity index is 1250. The first-order valence-corrected chi connectivity index (χ1v) is 11.7. The Morgan fingerprint density at radius 2 is 1.83 bits per heavy atom. The van der Waals surface area contributed by atoms with E-state index >= 15 is 0 Å². The molecule has 2 N–H and O–H groups in total. The van der Waals surface area contributed by atoms with E-state index in [1.54, 1.807) is 42.6 Å². The van der Waals surface area contributed by atoms with Crippen molar-refractivity contribution in [3.63, 3.8) is 0 Å². The number of benzene rings is 1. The highest BCUT2D eigenvalue weighted by Gasteiger charge is 2.25. The minimum atomic E-state index is -0.543. The molecule has 184 valence electrons. The van der Waals surface area contributed by atoms with Gasteiger partial charge in [-0.15, -0.1) is 0 Å². The number of alkyl carbamates (subject to hydrolysis) is 1. The summed E-state index contributed by atoms with van der Waals surface area (Å²) in [7, 11) is 0. The van der Waals surface area contributed by atoms with Crippen molar-refractivity contribution in [3.05, 3.63) is 71.0 Å². The second kappa shape index (κ2) is 10.2. The van der Waals surface area contributed by atoms with Crippen LogP contribution in [0.15, 0.2) is 59.7 Å². The van der Waals surface area contributed by atoms with Crippen molar-refractivity contribution in [1.82, 2.24) is 19.9 Å². The highest BCUT2D eigenvalue weighted by Crippen LogP contribution is 2.26. The maximum atomic E-state index is 14.7. The van der Waals surface area contributed by atoms with E-state index in [-0.39, 0.29) is 23.3 Å². The Labute approximate surface area is 203 Å². The lowest BCUT2D eigenvalue weighted by Gasteiger charge is -2.30. The van der Waals surface area contributed by atoms with Crippen molar-refractivity contribution in [2.24, 2.45) is 0 Å². The first-order chi connectivity index (χ1) is 16.7. The van der Waals surface area contributed by atoms with E-state index in [0.717, 1.165) is 31.9 Å². The fourth-order valence-corrected chi connectivity index (χ4v) is 4.12. The van der Waals surface area contributed by atoms with Crippen molar-refractivity contribution in [3.8, 4) is 16.9 Å². The summed E-state index contributed by atoms with van der Waals surface area (Å²) < 4.78 is 21.5. The van der Waals surface area contributed by atoms with Gasteiger partial charge in [0.25, 0.3) is 5.56 Å². The number of halogens is 1. The lowest BCUT2D eigenvalue weighted by atomic mass is 9.91. The molecule has 4 rings (SSSR count). The highest BCUT2D eigenvalue weighted by atomic mass is 19.1. The largest absolute Gasteiger partial charge is 0.444 e. The molecule has 8 nitrogen and oxygen atoms in total. The van der Waals surface area contributed by atoms with Crippen LogP contribution in [0.4, 0.5) is 15.1 Å². The number of hydrogen-bond donors (Lipinski definition) is 2. The van der Waals surface area contributed by atoms with Gasteiger partial charge in [0.1, 0.15) is 11.3 Å². The third-order valence-corrected chi connectivity index (χ3v) is 5.75. The van der Waals surface area contributed by atoms with Gasteiger partial charge < -0.3 is 15.4 Å². The molecule has 2 heterocycles. The molecule has 35 heavy (non-hydrogen) atoms. The Balaban J connectivity index is 1.42. The van der Waals surface area contributed by atoms with Gasteiger partial charge in [0.15, 0.2) is 5.82 Å². The number of carbonyl (C=O) groups excluding carboxylic acids is 1. The Kier molecular flexibility index (Phi) is 7.14. The van der Waals surface area contributed by atoms with Gasteiger partial charge in [-0.2, -0.15) is 0 Å². The Morgan fingerprint density at radius 1 is 1.09 bits per heavy atom. The van der Waals surface area contributed by atoms with Crippen molar-refractivity contribution < 1.29 is 13.9 Å². The van der Waals surface area contributed by atoms with E-state index < -0.39 is 17.5 Å². The van der Waals surface area contributed by atoms with Gasteiger partial charge in [0.05, 0.1) is 6.20 Å². The fraction of sp³-hybridized carbons (Fsp3) is 0.385. The van der Waals surface area contributed by atoms with Gasteiger partial charge in [-0.1, -0.05) is 18.2 Å². The number of ether oxygens (including phenoxy) is 1. The maximum Gasteiger partial charge on any atom is 0.407 e. The average Bonchev–Trinajstić information content (AvgIpc) is 2.81. The molecule has 1 saturated carbocycles. The van der Waals surface area contributed by atoms with E-state index in [1.807, 2.05) is 20.8 Å². The molecule has 1 fully saturated rings. The first-order valence-electron chi connectivity index (χ1n) is 11.7. The van der Waals surface area contributed by atoms with Crippen LogP contribution in [-0.2, 0) is 4.74 Å². The molecule has 0 atom stereocenters. The second-order valence-corrected chi connectivity index (χ2v) is 9.69. The molecule has 1 aliphatic rings. The van der Waals surface area contributed by atoms with Gasteiger partial charge in [-0.3, -0.25) is 9.36 Å². The molecule has 1 amide bonds. The molecular formula is C26H30FN5O3. The Hall–Kier alpha value is -3.75. The lowest BCUT2D eigenvalue weighted by Crippen LogP contribution is -2.42. The number of pyridine rings is 1. The van der Waals surface area contributed by atoms with Gasteiger partial charge in [0.2, 0.25) is 5.95 Å². The average molecular weight is 480 g/mol. The SMILES string of the molecule is CC(C)(C)OC(=O)N[C@H]1CC[C@H](Nc2ncc(F)c(-c3cccc(-n4ccccc4=O)c3)n2)CC1. The van der Waals surface area contributed by atoms with Crippen molar-refractivity contribution in [2.75, 3.05) is 5.32 Å². The third-order valence-electron chi connectivity index (χ3n) is 5.75. The van der Waals surface area contributed by atoms with E-state index in [2.05, 4.69) is 20.6 Å². The number of carbonyl (C=O) groups is 1. The highest BCUT2D eigenvalue weighted by molar-refractivity contribution is 5.68. The summed E-state index contributed by atoms with van der Waals surface area (Å²) in [5, 5.41) is 6.22. The molecule has 0 saturated heterocycles. The van der Waals surface area contributed by atoms with Gasteiger partial charge in [0, 0.05) is 35.6 Å².